The van der Waals surface area contributed by atoms with Gasteiger partial charge < -0.3 is 9.47 Å². The predicted octanol–water partition coefficient (Wildman–Crippen LogP) is 5.98. The van der Waals surface area contributed by atoms with Crippen LogP contribution in [0.4, 0.5) is 26.3 Å². The second kappa shape index (κ2) is 8.04. The first-order valence-electron chi connectivity index (χ1n) is 11.7. The Hall–Kier alpha value is -1.48. The molecule has 0 radical (unpaired) electrons. The summed E-state index contributed by atoms with van der Waals surface area (Å²) in [6.45, 7) is 4.12. The largest absolute Gasteiger partial charge is 0.490 e. The smallest absolute Gasteiger partial charge is 0.456 e. The molecule has 3 unspecified atom stereocenters. The van der Waals surface area contributed by atoms with Crippen LogP contribution in [0.5, 0.6) is 0 Å². The highest BCUT2D eigenvalue weighted by molar-refractivity contribution is 5.76. The third-order valence-corrected chi connectivity index (χ3v) is 9.52. The highest BCUT2D eigenvalue weighted by atomic mass is 19.4. The normalized spacial score (nSPS) is 43.2. The molecule has 0 heterocycles. The van der Waals surface area contributed by atoms with Crippen molar-refractivity contribution < 1.29 is 45.4 Å². The van der Waals surface area contributed by atoms with Crippen LogP contribution in [0.1, 0.15) is 71.6 Å². The summed E-state index contributed by atoms with van der Waals surface area (Å²) >= 11 is 0. The highest BCUT2D eigenvalue weighted by Crippen LogP contribution is 2.66. The minimum atomic E-state index is -5.01. The van der Waals surface area contributed by atoms with Gasteiger partial charge in [-0.05, 0) is 86.9 Å². The molecule has 0 aromatic rings. The van der Waals surface area contributed by atoms with Gasteiger partial charge in [-0.15, -0.1) is 0 Å². The van der Waals surface area contributed by atoms with E-state index in [0.717, 1.165) is 19.3 Å². The molecule has 188 valence electrons. The summed E-state index contributed by atoms with van der Waals surface area (Å²) < 4.78 is 85.8. The quantitative estimate of drug-likeness (QED) is 0.358. The van der Waals surface area contributed by atoms with Crippen molar-refractivity contribution in [2.24, 2.45) is 34.5 Å². The van der Waals surface area contributed by atoms with Crippen molar-refractivity contribution >= 4 is 11.9 Å². The summed E-state index contributed by atoms with van der Waals surface area (Å²) in [6.07, 6.45) is -5.84. The molecule has 4 saturated carbocycles. The monoisotopic (exact) mass is 484 g/mol. The lowest BCUT2D eigenvalue weighted by Crippen LogP contribution is -2.55. The van der Waals surface area contributed by atoms with Gasteiger partial charge in [0.05, 0.1) is 0 Å². The molecule has 4 nitrogen and oxygen atoms in total. The van der Waals surface area contributed by atoms with Gasteiger partial charge in [0.25, 0.3) is 0 Å². The van der Waals surface area contributed by atoms with E-state index in [1.54, 1.807) is 0 Å². The van der Waals surface area contributed by atoms with E-state index in [4.69, 9.17) is 9.47 Å². The molecule has 4 rings (SSSR count). The standard InChI is InChI=1S/C23H30F6O4/c1-20-9-7-13(32-18(30)22(24,25)26)11-12(20)3-4-14-15-5-6-17(33-19(31)23(27,28)29)21(15,2)10-8-16(14)20/h12-17H,3-11H2,1-2H3/t12-,13-,14?,15?,16?,17-,20+,21+/m1/s1. The van der Waals surface area contributed by atoms with Crippen molar-refractivity contribution in [2.75, 3.05) is 0 Å². The van der Waals surface area contributed by atoms with Crippen LogP contribution in [0.2, 0.25) is 0 Å². The average Bonchev–Trinajstić information content (AvgIpc) is 3.03. The lowest BCUT2D eigenvalue weighted by molar-refractivity contribution is -0.215. The van der Waals surface area contributed by atoms with Crippen molar-refractivity contribution in [3.63, 3.8) is 0 Å². The molecule has 0 saturated heterocycles. The predicted molar refractivity (Wildman–Crippen MR) is 104 cm³/mol. The summed E-state index contributed by atoms with van der Waals surface area (Å²) in [6, 6.07) is 0. The SMILES string of the molecule is C[C@]12CCC3C(CC[C@@H]4C[C@H](OC(=O)C(F)(F)F)CC[C@]34C)C1CC[C@H]2OC(=O)C(F)(F)F. The van der Waals surface area contributed by atoms with Crippen molar-refractivity contribution in [1.82, 2.24) is 0 Å². The van der Waals surface area contributed by atoms with E-state index in [9.17, 15) is 35.9 Å². The lowest BCUT2D eigenvalue weighted by Gasteiger charge is -2.60. The number of fused-ring (bicyclic) bond motifs is 5. The fourth-order valence-electron chi connectivity index (χ4n) is 7.89. The number of ether oxygens (including phenoxy) is 2. The van der Waals surface area contributed by atoms with E-state index in [-0.39, 0.29) is 23.2 Å². The molecule has 10 heteroatoms. The second-order valence-corrected chi connectivity index (χ2v) is 11.0. The zero-order valence-corrected chi connectivity index (χ0v) is 18.7. The van der Waals surface area contributed by atoms with E-state index in [1.807, 2.05) is 6.92 Å². The van der Waals surface area contributed by atoms with Gasteiger partial charge in [-0.2, -0.15) is 26.3 Å². The Morgan fingerprint density at radius 2 is 1.30 bits per heavy atom. The summed E-state index contributed by atoms with van der Waals surface area (Å²) in [4.78, 5) is 22.8. The maximum atomic E-state index is 12.8. The van der Waals surface area contributed by atoms with Crippen LogP contribution in [0.15, 0.2) is 0 Å². The van der Waals surface area contributed by atoms with Crippen LogP contribution in [0, 0.1) is 34.5 Å². The molecule has 0 spiro atoms. The van der Waals surface area contributed by atoms with Gasteiger partial charge in [0.2, 0.25) is 0 Å². The first-order chi connectivity index (χ1) is 15.2. The number of halogens is 6. The fourth-order valence-corrected chi connectivity index (χ4v) is 7.89. The molecule has 0 amide bonds. The van der Waals surface area contributed by atoms with E-state index < -0.39 is 41.9 Å². The van der Waals surface area contributed by atoms with Gasteiger partial charge in [0, 0.05) is 5.41 Å². The molecular weight excluding hydrogens is 454 g/mol. The van der Waals surface area contributed by atoms with Crippen LogP contribution < -0.4 is 0 Å². The molecule has 8 atom stereocenters. The Kier molecular flexibility index (Phi) is 6.00. The lowest BCUT2D eigenvalue weighted by atomic mass is 9.45. The molecular formula is C23H30F6O4. The Morgan fingerprint density at radius 3 is 1.94 bits per heavy atom. The summed E-state index contributed by atoms with van der Waals surface area (Å²) in [5.74, 6) is -3.37. The number of carbonyl (C=O) groups is 2. The summed E-state index contributed by atoms with van der Waals surface area (Å²) in [7, 11) is 0. The molecule has 0 N–H and O–H groups in total. The number of rotatable bonds is 2. The summed E-state index contributed by atoms with van der Waals surface area (Å²) in [5.41, 5.74) is -0.600. The maximum Gasteiger partial charge on any atom is 0.490 e. The minimum absolute atomic E-state index is 0.105. The Morgan fingerprint density at radius 1 is 0.727 bits per heavy atom. The van der Waals surface area contributed by atoms with E-state index in [1.165, 1.54) is 0 Å². The Bertz CT molecular complexity index is 795. The number of hydrogen-bond acceptors (Lipinski definition) is 4. The van der Waals surface area contributed by atoms with E-state index >= 15 is 0 Å². The number of hydrogen-bond donors (Lipinski definition) is 0. The number of alkyl halides is 6. The van der Waals surface area contributed by atoms with Gasteiger partial charge in [-0.3, -0.25) is 0 Å². The molecule has 4 fully saturated rings. The maximum absolute atomic E-state index is 12.8. The second-order valence-electron chi connectivity index (χ2n) is 11.0. The number of esters is 2. The van der Waals surface area contributed by atoms with E-state index in [2.05, 4.69) is 6.92 Å². The zero-order chi connectivity index (χ0) is 24.4. The van der Waals surface area contributed by atoms with Crippen LogP contribution >= 0.6 is 0 Å². The molecule has 0 aromatic heterocycles. The topological polar surface area (TPSA) is 52.6 Å². The van der Waals surface area contributed by atoms with Crippen molar-refractivity contribution in [2.45, 2.75) is 96.2 Å². The molecule has 0 aromatic carbocycles. The summed E-state index contributed by atoms with van der Waals surface area (Å²) in [5, 5.41) is 0. The highest BCUT2D eigenvalue weighted by Gasteiger charge is 2.62. The molecule has 33 heavy (non-hydrogen) atoms. The first-order valence-corrected chi connectivity index (χ1v) is 11.7. The van der Waals surface area contributed by atoms with Crippen molar-refractivity contribution in [3.8, 4) is 0 Å². The van der Waals surface area contributed by atoms with Crippen LogP contribution in [0.25, 0.3) is 0 Å². The molecule has 4 aliphatic rings. The molecule has 0 aliphatic heterocycles. The first kappa shape index (κ1) is 24.6. The Balaban J connectivity index is 1.45. The molecule has 4 aliphatic carbocycles. The van der Waals surface area contributed by atoms with Crippen LogP contribution in [-0.4, -0.2) is 36.5 Å². The van der Waals surface area contributed by atoms with Crippen LogP contribution in [-0.2, 0) is 19.1 Å². The zero-order valence-electron chi connectivity index (χ0n) is 18.7. The Labute approximate surface area is 188 Å². The van der Waals surface area contributed by atoms with Gasteiger partial charge in [-0.25, -0.2) is 9.59 Å². The third kappa shape index (κ3) is 4.24. The minimum Gasteiger partial charge on any atom is -0.456 e. The fraction of sp³-hybridized carbons (Fsp3) is 0.913. The van der Waals surface area contributed by atoms with E-state index in [0.29, 0.717) is 44.4 Å². The van der Waals surface area contributed by atoms with Gasteiger partial charge in [-0.1, -0.05) is 13.8 Å². The molecule has 0 bridgehead atoms. The van der Waals surface area contributed by atoms with Crippen molar-refractivity contribution in [1.29, 1.82) is 0 Å². The van der Waals surface area contributed by atoms with Gasteiger partial charge in [0.15, 0.2) is 0 Å². The number of carbonyl (C=O) groups excluding carboxylic acids is 2. The third-order valence-electron chi connectivity index (χ3n) is 9.52. The van der Waals surface area contributed by atoms with Crippen LogP contribution in [0.3, 0.4) is 0 Å². The average molecular weight is 484 g/mol. The van der Waals surface area contributed by atoms with Crippen molar-refractivity contribution in [3.05, 3.63) is 0 Å². The van der Waals surface area contributed by atoms with Gasteiger partial charge in [0.1, 0.15) is 12.2 Å². The van der Waals surface area contributed by atoms with Gasteiger partial charge >= 0.3 is 24.3 Å².